The lowest BCUT2D eigenvalue weighted by Gasteiger charge is -2.30. The maximum Gasteiger partial charge on any atom is 0.573 e. The van der Waals surface area contributed by atoms with Crippen LogP contribution in [0.25, 0.3) is 11.3 Å². The summed E-state index contributed by atoms with van der Waals surface area (Å²) in [7, 11) is 0. The van der Waals surface area contributed by atoms with Crippen molar-refractivity contribution < 1.29 is 22.3 Å². The molecule has 1 aliphatic heterocycles. The van der Waals surface area contributed by atoms with Crippen LogP contribution >= 0.6 is 0 Å². The number of hydrogen-bond donors (Lipinski definition) is 0. The molecule has 8 heteroatoms. The van der Waals surface area contributed by atoms with Crippen LogP contribution in [-0.2, 0) is 0 Å². The van der Waals surface area contributed by atoms with E-state index in [0.717, 1.165) is 6.42 Å². The highest BCUT2D eigenvalue weighted by Gasteiger charge is 2.31. The number of ether oxygens (including phenoxy) is 1. The summed E-state index contributed by atoms with van der Waals surface area (Å²) in [6, 6.07) is 6.12. The first-order chi connectivity index (χ1) is 12.2. The van der Waals surface area contributed by atoms with Gasteiger partial charge < -0.3 is 9.64 Å². The van der Waals surface area contributed by atoms with Crippen LogP contribution in [0.2, 0.25) is 0 Å². The molecule has 2 heterocycles. The largest absolute Gasteiger partial charge is 0.573 e. The van der Waals surface area contributed by atoms with Gasteiger partial charge in [0.2, 0.25) is 0 Å². The molecule has 1 aliphatic rings. The second-order valence-electron chi connectivity index (χ2n) is 6.37. The molecule has 2 aromatic rings. The van der Waals surface area contributed by atoms with E-state index in [1.54, 1.807) is 19.1 Å². The minimum atomic E-state index is -4.73. The monoisotopic (exact) mass is 369 g/mol. The zero-order valence-corrected chi connectivity index (χ0v) is 14.5. The van der Waals surface area contributed by atoms with Crippen molar-refractivity contribution in [1.82, 2.24) is 9.97 Å². The topological polar surface area (TPSA) is 38.2 Å². The first-order valence-electron chi connectivity index (χ1n) is 8.33. The standard InChI is InChI=1S/C18H19F4N3O/c1-11-8-13(5-6-16(11)26-18(20,21)22)15-9-17(24-12(2)23-15)25-7-3-4-14(19)10-25/h5-6,8-9,14H,3-4,7,10H2,1-2H3/t14-/m1/s1. The lowest BCUT2D eigenvalue weighted by atomic mass is 10.1. The lowest BCUT2D eigenvalue weighted by molar-refractivity contribution is -0.274. The molecule has 0 spiro atoms. The molecule has 0 aliphatic carbocycles. The Morgan fingerprint density at radius 3 is 2.58 bits per heavy atom. The Labute approximate surface area is 148 Å². The molecule has 1 aromatic carbocycles. The first-order valence-corrected chi connectivity index (χ1v) is 8.33. The van der Waals surface area contributed by atoms with E-state index >= 15 is 0 Å². The van der Waals surface area contributed by atoms with Crippen molar-refractivity contribution in [3.63, 3.8) is 0 Å². The average molecular weight is 369 g/mol. The van der Waals surface area contributed by atoms with Gasteiger partial charge in [-0.25, -0.2) is 14.4 Å². The van der Waals surface area contributed by atoms with Crippen LogP contribution in [0.5, 0.6) is 5.75 Å². The van der Waals surface area contributed by atoms with Gasteiger partial charge in [-0.1, -0.05) is 0 Å². The normalized spacial score (nSPS) is 18.1. The van der Waals surface area contributed by atoms with E-state index < -0.39 is 12.5 Å². The molecule has 1 saturated heterocycles. The molecule has 0 bridgehead atoms. The van der Waals surface area contributed by atoms with Gasteiger partial charge >= 0.3 is 6.36 Å². The van der Waals surface area contributed by atoms with Crippen LogP contribution in [0.4, 0.5) is 23.4 Å². The van der Waals surface area contributed by atoms with Crippen LogP contribution in [0, 0.1) is 13.8 Å². The number of benzene rings is 1. The first kappa shape index (κ1) is 18.4. The van der Waals surface area contributed by atoms with Crippen LogP contribution < -0.4 is 9.64 Å². The molecule has 0 saturated carbocycles. The van der Waals surface area contributed by atoms with Crippen molar-refractivity contribution in [3.8, 4) is 17.0 Å². The quantitative estimate of drug-likeness (QED) is 0.742. The van der Waals surface area contributed by atoms with E-state index in [2.05, 4.69) is 14.7 Å². The Hall–Kier alpha value is -2.38. The summed E-state index contributed by atoms with van der Waals surface area (Å²) in [6.45, 7) is 4.27. The van der Waals surface area contributed by atoms with Crippen LogP contribution in [0.15, 0.2) is 24.3 Å². The van der Waals surface area contributed by atoms with E-state index in [9.17, 15) is 17.6 Å². The van der Waals surface area contributed by atoms with Gasteiger partial charge in [0.1, 0.15) is 23.6 Å². The molecule has 1 fully saturated rings. The van der Waals surface area contributed by atoms with Gasteiger partial charge in [-0.15, -0.1) is 13.2 Å². The second-order valence-corrected chi connectivity index (χ2v) is 6.37. The predicted octanol–water partition coefficient (Wildman–Crippen LogP) is 4.60. The SMILES string of the molecule is Cc1nc(-c2ccc(OC(F)(F)F)c(C)c2)cc(N2CCC[C@@H](F)C2)n1. The Kier molecular flexibility index (Phi) is 5.02. The number of anilines is 1. The Balaban J connectivity index is 1.90. The number of aryl methyl sites for hydroxylation is 2. The smallest absolute Gasteiger partial charge is 0.406 e. The second kappa shape index (κ2) is 7.09. The van der Waals surface area contributed by atoms with Gasteiger partial charge in [0.05, 0.1) is 12.2 Å². The molecule has 140 valence electrons. The Bertz CT molecular complexity index is 794. The summed E-state index contributed by atoms with van der Waals surface area (Å²) in [6.07, 6.45) is -4.32. The molecule has 1 aromatic heterocycles. The van der Waals surface area contributed by atoms with E-state index in [-0.39, 0.29) is 12.3 Å². The molecule has 1 atom stereocenters. The number of halogens is 4. The number of piperidine rings is 1. The third kappa shape index (κ3) is 4.42. The molecular formula is C18H19F4N3O. The fourth-order valence-corrected chi connectivity index (χ4v) is 3.04. The summed E-state index contributed by atoms with van der Waals surface area (Å²) in [4.78, 5) is 10.6. The van der Waals surface area contributed by atoms with Crippen molar-refractivity contribution in [2.24, 2.45) is 0 Å². The molecule has 0 N–H and O–H groups in total. The number of rotatable bonds is 3. The summed E-state index contributed by atoms with van der Waals surface area (Å²) in [5.74, 6) is 0.901. The number of nitrogens with zero attached hydrogens (tertiary/aromatic N) is 3. The van der Waals surface area contributed by atoms with Crippen LogP contribution in [0.3, 0.4) is 0 Å². The van der Waals surface area contributed by atoms with Crippen molar-refractivity contribution in [3.05, 3.63) is 35.7 Å². The zero-order chi connectivity index (χ0) is 18.9. The molecule has 4 nitrogen and oxygen atoms in total. The zero-order valence-electron chi connectivity index (χ0n) is 14.5. The van der Waals surface area contributed by atoms with Gasteiger partial charge in [0.15, 0.2) is 0 Å². The number of aromatic nitrogens is 2. The minimum absolute atomic E-state index is 0.247. The van der Waals surface area contributed by atoms with Crippen molar-refractivity contribution >= 4 is 5.82 Å². The van der Waals surface area contributed by atoms with Gasteiger partial charge in [-0.2, -0.15) is 0 Å². The summed E-state index contributed by atoms with van der Waals surface area (Å²) in [5, 5.41) is 0. The maximum atomic E-state index is 13.7. The van der Waals surface area contributed by atoms with Gasteiger partial charge in [0.25, 0.3) is 0 Å². The molecular weight excluding hydrogens is 350 g/mol. The van der Waals surface area contributed by atoms with Crippen molar-refractivity contribution in [2.75, 3.05) is 18.0 Å². The predicted molar refractivity (Wildman–Crippen MR) is 90.0 cm³/mol. The molecule has 26 heavy (non-hydrogen) atoms. The Morgan fingerprint density at radius 2 is 1.92 bits per heavy atom. The van der Waals surface area contributed by atoms with E-state index in [1.807, 2.05) is 4.90 Å². The molecule has 0 amide bonds. The summed E-state index contributed by atoms with van der Waals surface area (Å²) in [5.41, 5.74) is 1.58. The highest BCUT2D eigenvalue weighted by molar-refractivity contribution is 5.65. The lowest BCUT2D eigenvalue weighted by Crippen LogP contribution is -2.37. The van der Waals surface area contributed by atoms with Crippen molar-refractivity contribution in [2.45, 2.75) is 39.2 Å². The molecule has 3 rings (SSSR count). The van der Waals surface area contributed by atoms with Crippen LogP contribution in [0.1, 0.15) is 24.2 Å². The van der Waals surface area contributed by atoms with Gasteiger partial charge in [-0.3, -0.25) is 0 Å². The van der Waals surface area contributed by atoms with E-state index in [0.29, 0.717) is 41.4 Å². The van der Waals surface area contributed by atoms with E-state index in [1.165, 1.54) is 19.1 Å². The van der Waals surface area contributed by atoms with Crippen LogP contribution in [-0.4, -0.2) is 35.6 Å². The summed E-state index contributed by atoms with van der Waals surface area (Å²) < 4.78 is 54.9. The third-order valence-electron chi connectivity index (χ3n) is 4.21. The minimum Gasteiger partial charge on any atom is -0.406 e. The van der Waals surface area contributed by atoms with E-state index in [4.69, 9.17) is 0 Å². The third-order valence-corrected chi connectivity index (χ3v) is 4.21. The fraction of sp³-hybridized carbons (Fsp3) is 0.444. The highest BCUT2D eigenvalue weighted by Crippen LogP contribution is 2.31. The fourth-order valence-electron chi connectivity index (χ4n) is 3.04. The summed E-state index contributed by atoms with van der Waals surface area (Å²) >= 11 is 0. The van der Waals surface area contributed by atoms with Crippen molar-refractivity contribution in [1.29, 1.82) is 0 Å². The number of alkyl halides is 4. The van der Waals surface area contributed by atoms with Gasteiger partial charge in [0, 0.05) is 18.2 Å². The average Bonchev–Trinajstić information content (AvgIpc) is 2.55. The number of hydrogen-bond acceptors (Lipinski definition) is 4. The molecule has 0 radical (unpaired) electrons. The highest BCUT2D eigenvalue weighted by atomic mass is 19.4. The maximum absolute atomic E-state index is 13.7. The molecule has 0 unspecified atom stereocenters. The Morgan fingerprint density at radius 1 is 1.15 bits per heavy atom. The van der Waals surface area contributed by atoms with Gasteiger partial charge in [-0.05, 0) is 50.5 Å².